The summed E-state index contributed by atoms with van der Waals surface area (Å²) < 4.78 is 16.0. The Morgan fingerprint density at radius 3 is 2.63 bits per heavy atom. The average molecular weight is 385 g/mol. The Balaban J connectivity index is 1.60. The number of thioether (sulfide) groups is 1. The molecule has 0 bridgehead atoms. The number of hydrogen-bond acceptors (Lipinski definition) is 7. The molecule has 0 unspecified atom stereocenters. The van der Waals surface area contributed by atoms with Gasteiger partial charge in [-0.3, -0.25) is 10.1 Å². The van der Waals surface area contributed by atoms with Gasteiger partial charge >= 0.3 is 6.01 Å². The number of rotatable bonds is 8. The van der Waals surface area contributed by atoms with Crippen LogP contribution in [0.15, 0.2) is 57.8 Å². The normalized spacial score (nSPS) is 10.4. The molecule has 1 N–H and O–H groups in total. The fourth-order valence-corrected chi connectivity index (χ4v) is 3.27. The van der Waals surface area contributed by atoms with Crippen molar-refractivity contribution in [1.82, 2.24) is 10.2 Å². The summed E-state index contributed by atoms with van der Waals surface area (Å²) in [5, 5.41) is 10.4. The zero-order valence-corrected chi connectivity index (χ0v) is 15.8. The first-order valence-corrected chi connectivity index (χ1v) is 9.22. The number of carbonyl (C=O) groups is 1. The second-order valence-corrected chi connectivity index (χ2v) is 6.58. The molecule has 2 aromatic carbocycles. The number of carbonyl (C=O) groups excluding carboxylic acids is 1. The lowest BCUT2D eigenvalue weighted by Gasteiger charge is -2.11. The smallest absolute Gasteiger partial charge is 0.322 e. The fourth-order valence-electron chi connectivity index (χ4n) is 2.41. The van der Waals surface area contributed by atoms with Crippen molar-refractivity contribution >= 4 is 23.7 Å². The minimum absolute atomic E-state index is 0.0459. The molecule has 140 valence electrons. The molecule has 1 amide bonds. The van der Waals surface area contributed by atoms with Crippen molar-refractivity contribution in [2.45, 2.75) is 11.3 Å². The monoisotopic (exact) mass is 385 g/mol. The molecular formula is C19H19N3O4S. The van der Waals surface area contributed by atoms with Crippen molar-refractivity contribution < 1.29 is 18.7 Å². The summed E-state index contributed by atoms with van der Waals surface area (Å²) >= 11 is 1.70. The van der Waals surface area contributed by atoms with E-state index in [4.69, 9.17) is 13.9 Å². The molecule has 0 fully saturated rings. The Bertz CT molecular complexity index is 899. The highest BCUT2D eigenvalue weighted by atomic mass is 32.2. The fraction of sp³-hybridized carbons (Fsp3) is 0.211. The number of aromatic nitrogens is 2. The molecule has 0 aliphatic carbocycles. The summed E-state index contributed by atoms with van der Waals surface area (Å²) in [5.41, 5.74) is 0.316. The molecule has 0 saturated heterocycles. The SMILES string of the molecule is COc1cccc(C(=O)Nc2nnc(CCSc3ccccc3)o2)c1OC. The predicted molar refractivity (Wildman–Crippen MR) is 103 cm³/mol. The number of benzene rings is 2. The maximum Gasteiger partial charge on any atom is 0.322 e. The molecule has 1 heterocycles. The summed E-state index contributed by atoms with van der Waals surface area (Å²) in [6.45, 7) is 0. The van der Waals surface area contributed by atoms with Crippen LogP contribution >= 0.6 is 11.8 Å². The van der Waals surface area contributed by atoms with Gasteiger partial charge in [0.15, 0.2) is 11.5 Å². The third kappa shape index (κ3) is 4.79. The van der Waals surface area contributed by atoms with E-state index in [1.54, 1.807) is 30.0 Å². The van der Waals surface area contributed by atoms with Crippen LogP contribution in [0.2, 0.25) is 0 Å². The minimum atomic E-state index is -0.417. The first-order chi connectivity index (χ1) is 13.2. The third-order valence-corrected chi connectivity index (χ3v) is 4.68. The molecule has 0 aliphatic rings. The lowest BCUT2D eigenvalue weighted by molar-refractivity contribution is 0.102. The van der Waals surface area contributed by atoms with Gasteiger partial charge in [-0.2, -0.15) is 0 Å². The predicted octanol–water partition coefficient (Wildman–Crippen LogP) is 3.67. The van der Waals surface area contributed by atoms with E-state index in [2.05, 4.69) is 15.5 Å². The Morgan fingerprint density at radius 1 is 1.07 bits per heavy atom. The second kappa shape index (κ2) is 9.09. The largest absolute Gasteiger partial charge is 0.493 e. The molecular weight excluding hydrogens is 366 g/mol. The summed E-state index contributed by atoms with van der Waals surface area (Å²) in [6, 6.07) is 15.2. The van der Waals surface area contributed by atoms with Gasteiger partial charge in [-0.15, -0.1) is 16.9 Å². The zero-order chi connectivity index (χ0) is 19.1. The van der Waals surface area contributed by atoms with Crippen molar-refractivity contribution in [1.29, 1.82) is 0 Å². The number of ether oxygens (including phenoxy) is 2. The van der Waals surface area contributed by atoms with Gasteiger partial charge in [0.2, 0.25) is 5.89 Å². The number of nitrogens with zero attached hydrogens (tertiary/aromatic N) is 2. The number of aryl methyl sites for hydroxylation is 1. The zero-order valence-electron chi connectivity index (χ0n) is 15.0. The van der Waals surface area contributed by atoms with E-state index in [1.165, 1.54) is 19.1 Å². The third-order valence-electron chi connectivity index (χ3n) is 3.66. The van der Waals surface area contributed by atoms with E-state index >= 15 is 0 Å². The Kier molecular flexibility index (Phi) is 6.32. The van der Waals surface area contributed by atoms with Crippen LogP contribution in [0.1, 0.15) is 16.2 Å². The van der Waals surface area contributed by atoms with Crippen LogP contribution in [0.3, 0.4) is 0 Å². The molecule has 0 spiro atoms. The second-order valence-electron chi connectivity index (χ2n) is 5.41. The van der Waals surface area contributed by atoms with Gasteiger partial charge in [0.05, 0.1) is 19.8 Å². The molecule has 0 radical (unpaired) electrons. The number of amides is 1. The lowest BCUT2D eigenvalue weighted by Crippen LogP contribution is -2.13. The van der Waals surface area contributed by atoms with Crippen molar-refractivity contribution in [2.75, 3.05) is 25.3 Å². The van der Waals surface area contributed by atoms with Gasteiger partial charge in [0, 0.05) is 17.1 Å². The summed E-state index contributed by atoms with van der Waals surface area (Å²) in [6.07, 6.45) is 0.602. The molecule has 3 rings (SSSR count). The van der Waals surface area contributed by atoms with Gasteiger partial charge in [0.25, 0.3) is 5.91 Å². The highest BCUT2D eigenvalue weighted by Crippen LogP contribution is 2.31. The molecule has 7 nitrogen and oxygen atoms in total. The highest BCUT2D eigenvalue weighted by molar-refractivity contribution is 7.99. The van der Waals surface area contributed by atoms with Crippen molar-refractivity contribution in [3.8, 4) is 11.5 Å². The standard InChI is InChI=1S/C19H19N3O4S/c1-24-15-10-6-9-14(17(15)25-2)18(23)20-19-22-21-16(26-19)11-12-27-13-7-4-3-5-8-13/h3-10H,11-12H2,1-2H3,(H,20,22,23). The molecule has 0 atom stereocenters. The topological polar surface area (TPSA) is 86.5 Å². The van der Waals surface area contributed by atoms with Crippen molar-refractivity contribution in [3.63, 3.8) is 0 Å². The highest BCUT2D eigenvalue weighted by Gasteiger charge is 2.18. The Morgan fingerprint density at radius 2 is 1.89 bits per heavy atom. The maximum absolute atomic E-state index is 12.5. The van der Waals surface area contributed by atoms with Crippen molar-refractivity contribution in [2.24, 2.45) is 0 Å². The van der Waals surface area contributed by atoms with Crippen LogP contribution in [0.4, 0.5) is 6.01 Å². The van der Waals surface area contributed by atoms with Gasteiger partial charge in [-0.1, -0.05) is 29.4 Å². The number of nitrogens with one attached hydrogen (secondary N) is 1. The first-order valence-electron chi connectivity index (χ1n) is 8.24. The van der Waals surface area contributed by atoms with Crippen LogP contribution in [0.25, 0.3) is 0 Å². The number of anilines is 1. The van der Waals surface area contributed by atoms with E-state index in [1.807, 2.05) is 30.3 Å². The molecule has 0 aliphatic heterocycles. The van der Waals surface area contributed by atoms with E-state index in [9.17, 15) is 4.79 Å². The first kappa shape index (κ1) is 18.8. The van der Waals surface area contributed by atoms with Crippen LogP contribution in [-0.2, 0) is 6.42 Å². The Labute approximate surface area is 161 Å². The number of para-hydroxylation sites is 1. The van der Waals surface area contributed by atoms with Crippen molar-refractivity contribution in [3.05, 3.63) is 60.0 Å². The number of hydrogen-bond donors (Lipinski definition) is 1. The van der Waals surface area contributed by atoms with Crippen LogP contribution in [0.5, 0.6) is 11.5 Å². The summed E-state index contributed by atoms with van der Waals surface area (Å²) in [5.74, 6) is 1.65. The summed E-state index contributed by atoms with van der Waals surface area (Å²) in [4.78, 5) is 13.7. The molecule has 0 saturated carbocycles. The Hall–Kier alpha value is -3.00. The molecule has 27 heavy (non-hydrogen) atoms. The van der Waals surface area contributed by atoms with Gasteiger partial charge in [0.1, 0.15) is 0 Å². The van der Waals surface area contributed by atoms with Crippen LogP contribution in [0, 0.1) is 0 Å². The van der Waals surface area contributed by atoms with E-state index in [-0.39, 0.29) is 6.01 Å². The van der Waals surface area contributed by atoms with Gasteiger partial charge < -0.3 is 13.9 Å². The summed E-state index contributed by atoms with van der Waals surface area (Å²) in [7, 11) is 2.99. The maximum atomic E-state index is 12.5. The van der Waals surface area contributed by atoms with Crippen LogP contribution in [-0.4, -0.2) is 36.1 Å². The molecule has 1 aromatic heterocycles. The quantitative estimate of drug-likeness (QED) is 0.592. The van der Waals surface area contributed by atoms with Gasteiger partial charge in [-0.25, -0.2) is 0 Å². The van der Waals surface area contributed by atoms with E-state index in [0.717, 1.165) is 5.75 Å². The minimum Gasteiger partial charge on any atom is -0.493 e. The van der Waals surface area contributed by atoms with E-state index < -0.39 is 5.91 Å². The lowest BCUT2D eigenvalue weighted by atomic mass is 10.1. The van der Waals surface area contributed by atoms with Crippen LogP contribution < -0.4 is 14.8 Å². The molecule has 3 aromatic rings. The van der Waals surface area contributed by atoms with Gasteiger partial charge in [-0.05, 0) is 24.3 Å². The molecule has 8 heteroatoms. The van der Waals surface area contributed by atoms with E-state index in [0.29, 0.717) is 29.4 Å². The average Bonchev–Trinajstić information content (AvgIpc) is 3.15. The number of methoxy groups -OCH3 is 2.